The van der Waals surface area contributed by atoms with Crippen LogP contribution < -0.4 is 14.4 Å². The molecule has 1 amide bonds. The minimum Gasteiger partial charge on any atom is -0.497 e. The van der Waals surface area contributed by atoms with E-state index in [1.807, 2.05) is 44.2 Å². The van der Waals surface area contributed by atoms with Crippen molar-refractivity contribution in [3.05, 3.63) is 64.4 Å². The summed E-state index contributed by atoms with van der Waals surface area (Å²) in [6, 6.07) is 11.7. The maximum Gasteiger partial charge on any atom is 0.232 e. The number of benzene rings is 2. The van der Waals surface area contributed by atoms with Crippen LogP contribution in [0.5, 0.6) is 11.5 Å². The van der Waals surface area contributed by atoms with Gasteiger partial charge in [-0.05, 0) is 67.1 Å². The molecule has 2 aromatic rings. The number of amides is 1. The molecule has 168 valence electrons. The first-order chi connectivity index (χ1) is 15.1. The SMILES string of the molecule is COc1ccc(OC)c(C2CC(=O)N(c3cc(C)cc(C)c3)C3=C2C(=O)CC(C)(C)C3)c1. The molecule has 5 heteroatoms. The lowest BCUT2D eigenvalue weighted by atomic mass is 9.69. The molecule has 32 heavy (non-hydrogen) atoms. The summed E-state index contributed by atoms with van der Waals surface area (Å²) in [6.45, 7) is 8.24. The van der Waals surface area contributed by atoms with Crippen molar-refractivity contribution < 1.29 is 19.1 Å². The molecular weight excluding hydrogens is 402 g/mol. The zero-order chi connectivity index (χ0) is 23.2. The number of carbonyl (C=O) groups excluding carboxylic acids is 2. The molecule has 2 aromatic carbocycles. The van der Waals surface area contributed by atoms with Gasteiger partial charge in [0.15, 0.2) is 5.78 Å². The second-order valence-corrected chi connectivity index (χ2v) is 9.74. The number of methoxy groups -OCH3 is 2. The van der Waals surface area contributed by atoms with Gasteiger partial charge in [-0.1, -0.05) is 19.9 Å². The minimum atomic E-state index is -0.353. The summed E-state index contributed by atoms with van der Waals surface area (Å²) in [5.41, 5.74) is 5.17. The van der Waals surface area contributed by atoms with E-state index in [0.29, 0.717) is 24.3 Å². The molecule has 1 heterocycles. The molecule has 5 nitrogen and oxygen atoms in total. The molecule has 0 N–H and O–H groups in total. The van der Waals surface area contributed by atoms with E-state index in [9.17, 15) is 9.59 Å². The van der Waals surface area contributed by atoms with Gasteiger partial charge in [-0.15, -0.1) is 0 Å². The number of ketones is 1. The molecule has 0 aromatic heterocycles. The number of carbonyl (C=O) groups is 2. The van der Waals surface area contributed by atoms with Crippen LogP contribution in [0.3, 0.4) is 0 Å². The topological polar surface area (TPSA) is 55.8 Å². The molecule has 1 unspecified atom stereocenters. The summed E-state index contributed by atoms with van der Waals surface area (Å²) in [5.74, 6) is 1.08. The van der Waals surface area contributed by atoms with E-state index in [2.05, 4.69) is 19.9 Å². The lowest BCUT2D eigenvalue weighted by Gasteiger charge is -2.43. The summed E-state index contributed by atoms with van der Waals surface area (Å²) in [5, 5.41) is 0. The van der Waals surface area contributed by atoms with Crippen LogP contribution in [0.2, 0.25) is 0 Å². The van der Waals surface area contributed by atoms with E-state index in [4.69, 9.17) is 9.47 Å². The number of hydrogen-bond acceptors (Lipinski definition) is 4. The lowest BCUT2D eigenvalue weighted by molar-refractivity contribution is -0.121. The standard InChI is InChI=1S/C27H31NO4/c1-16-9-17(2)11-18(10-16)28-22-14-27(3,4)15-23(29)26(22)21(13-25(28)30)20-12-19(31-5)7-8-24(20)32-6/h7-12,21H,13-15H2,1-6H3. The van der Waals surface area contributed by atoms with Gasteiger partial charge in [-0.25, -0.2) is 0 Å². The summed E-state index contributed by atoms with van der Waals surface area (Å²) in [4.78, 5) is 29.0. The van der Waals surface area contributed by atoms with Crippen molar-refractivity contribution in [3.63, 3.8) is 0 Å². The molecule has 0 saturated carbocycles. The van der Waals surface area contributed by atoms with Crippen LogP contribution in [0.1, 0.15) is 55.7 Å². The summed E-state index contributed by atoms with van der Waals surface area (Å²) < 4.78 is 11.1. The van der Waals surface area contributed by atoms with Crippen LogP contribution in [-0.2, 0) is 9.59 Å². The van der Waals surface area contributed by atoms with Gasteiger partial charge in [0.1, 0.15) is 11.5 Å². The van der Waals surface area contributed by atoms with Crippen molar-refractivity contribution in [2.24, 2.45) is 5.41 Å². The van der Waals surface area contributed by atoms with E-state index >= 15 is 0 Å². The van der Waals surface area contributed by atoms with Gasteiger partial charge in [0.05, 0.1) is 14.2 Å². The molecule has 0 spiro atoms. The van der Waals surface area contributed by atoms with E-state index in [1.165, 1.54) is 0 Å². The molecule has 0 bridgehead atoms. The summed E-state index contributed by atoms with van der Waals surface area (Å²) in [7, 11) is 3.22. The number of aryl methyl sites for hydroxylation is 2. The number of ether oxygens (including phenoxy) is 2. The molecule has 4 rings (SSSR count). The Kier molecular flexibility index (Phi) is 5.61. The molecule has 0 saturated heterocycles. The summed E-state index contributed by atoms with van der Waals surface area (Å²) >= 11 is 0. The molecule has 0 fully saturated rings. The highest BCUT2D eigenvalue weighted by Gasteiger charge is 2.45. The molecule has 2 aliphatic rings. The first kappa shape index (κ1) is 22.1. The Labute approximate surface area is 190 Å². The van der Waals surface area contributed by atoms with E-state index in [1.54, 1.807) is 19.1 Å². The average molecular weight is 434 g/mol. The van der Waals surface area contributed by atoms with Gasteiger partial charge >= 0.3 is 0 Å². The number of allylic oxidation sites excluding steroid dienone is 2. The Morgan fingerprint density at radius 2 is 1.62 bits per heavy atom. The summed E-state index contributed by atoms with van der Waals surface area (Å²) in [6.07, 6.45) is 1.33. The van der Waals surface area contributed by atoms with Crippen molar-refractivity contribution in [3.8, 4) is 11.5 Å². The Morgan fingerprint density at radius 1 is 0.938 bits per heavy atom. The van der Waals surface area contributed by atoms with Crippen molar-refractivity contribution in [1.29, 1.82) is 0 Å². The second kappa shape index (κ2) is 8.12. The highest BCUT2D eigenvalue weighted by Crippen LogP contribution is 2.50. The highest BCUT2D eigenvalue weighted by atomic mass is 16.5. The Balaban J connectivity index is 1.95. The first-order valence-electron chi connectivity index (χ1n) is 11.0. The quantitative estimate of drug-likeness (QED) is 0.640. The van der Waals surface area contributed by atoms with Crippen molar-refractivity contribution in [1.82, 2.24) is 0 Å². The molecule has 1 aliphatic heterocycles. The number of nitrogens with zero attached hydrogens (tertiary/aromatic N) is 1. The number of Topliss-reactive ketones (excluding diaryl/α,β-unsaturated/α-hetero) is 1. The molecule has 1 aliphatic carbocycles. The third-order valence-electron chi connectivity index (χ3n) is 6.42. The van der Waals surface area contributed by atoms with Crippen LogP contribution in [0.15, 0.2) is 47.7 Å². The van der Waals surface area contributed by atoms with Gasteiger partial charge in [0.25, 0.3) is 0 Å². The second-order valence-electron chi connectivity index (χ2n) is 9.74. The van der Waals surface area contributed by atoms with Crippen LogP contribution in [0.25, 0.3) is 0 Å². The third-order valence-corrected chi connectivity index (χ3v) is 6.42. The molecule has 0 radical (unpaired) electrons. The van der Waals surface area contributed by atoms with Crippen LogP contribution in [0, 0.1) is 19.3 Å². The number of anilines is 1. The third kappa shape index (κ3) is 3.92. The maximum atomic E-state index is 13.6. The monoisotopic (exact) mass is 433 g/mol. The minimum absolute atomic E-state index is 0.00544. The normalized spacial score (nSPS) is 20.3. The van der Waals surface area contributed by atoms with Crippen molar-refractivity contribution in [2.45, 2.75) is 52.9 Å². The van der Waals surface area contributed by atoms with Gasteiger partial charge in [0.2, 0.25) is 5.91 Å². The van der Waals surface area contributed by atoms with E-state index in [-0.39, 0.29) is 29.4 Å². The number of hydrogen-bond donors (Lipinski definition) is 0. The molecular formula is C27H31NO4. The largest absolute Gasteiger partial charge is 0.497 e. The Bertz CT molecular complexity index is 1110. The Hall–Kier alpha value is -3.08. The predicted octanol–water partition coefficient (Wildman–Crippen LogP) is 5.48. The van der Waals surface area contributed by atoms with Crippen LogP contribution >= 0.6 is 0 Å². The lowest BCUT2D eigenvalue weighted by Crippen LogP contribution is -2.43. The van der Waals surface area contributed by atoms with Gasteiger partial charge in [-0.2, -0.15) is 0 Å². The van der Waals surface area contributed by atoms with Gasteiger partial charge < -0.3 is 9.47 Å². The Morgan fingerprint density at radius 3 is 2.25 bits per heavy atom. The fraction of sp³-hybridized carbons (Fsp3) is 0.407. The maximum absolute atomic E-state index is 13.6. The smallest absolute Gasteiger partial charge is 0.232 e. The van der Waals surface area contributed by atoms with Crippen LogP contribution in [0.4, 0.5) is 5.69 Å². The molecule has 1 atom stereocenters. The fourth-order valence-corrected chi connectivity index (χ4v) is 5.17. The van der Waals surface area contributed by atoms with Crippen molar-refractivity contribution >= 4 is 17.4 Å². The van der Waals surface area contributed by atoms with Gasteiger partial charge in [-0.3, -0.25) is 14.5 Å². The van der Waals surface area contributed by atoms with E-state index < -0.39 is 0 Å². The average Bonchev–Trinajstić information content (AvgIpc) is 2.70. The fourth-order valence-electron chi connectivity index (χ4n) is 5.17. The van der Waals surface area contributed by atoms with E-state index in [0.717, 1.165) is 33.6 Å². The first-order valence-corrected chi connectivity index (χ1v) is 11.0. The zero-order valence-electron chi connectivity index (χ0n) is 19.7. The van der Waals surface area contributed by atoms with Crippen LogP contribution in [-0.4, -0.2) is 25.9 Å². The predicted molar refractivity (Wildman–Crippen MR) is 125 cm³/mol. The highest BCUT2D eigenvalue weighted by molar-refractivity contribution is 6.08. The van der Waals surface area contributed by atoms with Crippen molar-refractivity contribution in [2.75, 3.05) is 19.1 Å². The van der Waals surface area contributed by atoms with Gasteiger partial charge in [0, 0.05) is 41.3 Å². The number of rotatable bonds is 4. The zero-order valence-corrected chi connectivity index (χ0v) is 19.7.